The van der Waals surface area contributed by atoms with Gasteiger partial charge in [0, 0.05) is 5.69 Å². The van der Waals surface area contributed by atoms with Crippen molar-refractivity contribution in [2.75, 3.05) is 5.32 Å². The molecule has 1 amide bonds. The fourth-order valence-corrected chi connectivity index (χ4v) is 1.48. The minimum absolute atomic E-state index is 0.485. The number of carbonyl (C=O) groups is 2. The number of aliphatic carboxylic acids is 1. The first kappa shape index (κ1) is 13.2. The fourth-order valence-electron chi connectivity index (χ4n) is 1.48. The Balaban J connectivity index is 2.80. The first-order chi connectivity index (χ1) is 8.06. The molecule has 1 aromatic rings. The van der Waals surface area contributed by atoms with E-state index in [0.29, 0.717) is 5.69 Å². The van der Waals surface area contributed by atoms with Crippen LogP contribution in [0.4, 0.5) is 5.69 Å². The molecule has 17 heavy (non-hydrogen) atoms. The van der Waals surface area contributed by atoms with Crippen molar-refractivity contribution in [3.63, 3.8) is 0 Å². The van der Waals surface area contributed by atoms with Crippen LogP contribution in [0.2, 0.25) is 0 Å². The highest BCUT2D eigenvalue weighted by Crippen LogP contribution is 2.17. The summed E-state index contributed by atoms with van der Waals surface area (Å²) < 4.78 is 0. The second-order valence-corrected chi connectivity index (χ2v) is 3.96. The topological polar surface area (TPSA) is 66.4 Å². The Morgan fingerprint density at radius 3 is 2.59 bits per heavy atom. The van der Waals surface area contributed by atoms with E-state index in [2.05, 4.69) is 12.2 Å². The summed E-state index contributed by atoms with van der Waals surface area (Å²) >= 11 is 0. The van der Waals surface area contributed by atoms with Crippen molar-refractivity contribution < 1.29 is 14.7 Å². The Kier molecular flexibility index (Phi) is 4.69. The highest BCUT2D eigenvalue weighted by Gasteiger charge is 2.20. The average molecular weight is 235 g/mol. The number of para-hydroxylation sites is 1. The molecule has 1 atom stereocenters. The van der Waals surface area contributed by atoms with E-state index < -0.39 is 17.8 Å². The van der Waals surface area contributed by atoms with Gasteiger partial charge in [-0.1, -0.05) is 31.5 Å². The van der Waals surface area contributed by atoms with E-state index in [1.165, 1.54) is 6.92 Å². The molecule has 1 rings (SSSR count). The molecule has 4 heteroatoms. The van der Waals surface area contributed by atoms with Gasteiger partial charge in [0.05, 0.1) is 0 Å². The number of carboxylic acid groups (broad SMARTS) is 1. The van der Waals surface area contributed by atoms with E-state index in [0.717, 1.165) is 18.4 Å². The predicted molar refractivity (Wildman–Crippen MR) is 65.9 cm³/mol. The summed E-state index contributed by atoms with van der Waals surface area (Å²) in [5, 5.41) is 11.4. The predicted octanol–water partition coefficient (Wildman–Crippen LogP) is 2.30. The Morgan fingerprint density at radius 2 is 2.00 bits per heavy atom. The van der Waals surface area contributed by atoms with Crippen LogP contribution in [-0.2, 0) is 16.0 Å². The first-order valence-electron chi connectivity index (χ1n) is 5.67. The molecule has 0 heterocycles. The second kappa shape index (κ2) is 6.03. The lowest BCUT2D eigenvalue weighted by molar-refractivity contribution is -0.144. The van der Waals surface area contributed by atoms with Gasteiger partial charge in [-0.15, -0.1) is 0 Å². The van der Waals surface area contributed by atoms with Gasteiger partial charge in [0.25, 0.3) is 0 Å². The van der Waals surface area contributed by atoms with Crippen molar-refractivity contribution in [1.82, 2.24) is 0 Å². The quantitative estimate of drug-likeness (QED) is 0.769. The van der Waals surface area contributed by atoms with Crippen LogP contribution in [0.3, 0.4) is 0 Å². The molecular weight excluding hydrogens is 218 g/mol. The van der Waals surface area contributed by atoms with Gasteiger partial charge >= 0.3 is 5.97 Å². The zero-order chi connectivity index (χ0) is 12.8. The molecule has 4 nitrogen and oxygen atoms in total. The summed E-state index contributed by atoms with van der Waals surface area (Å²) in [4.78, 5) is 22.3. The molecule has 0 saturated heterocycles. The summed E-state index contributed by atoms with van der Waals surface area (Å²) in [6.07, 6.45) is 1.83. The normalized spacial score (nSPS) is 11.9. The van der Waals surface area contributed by atoms with Crippen molar-refractivity contribution in [2.45, 2.75) is 26.7 Å². The summed E-state index contributed by atoms with van der Waals surface area (Å²) in [7, 11) is 0. The van der Waals surface area contributed by atoms with Crippen LogP contribution < -0.4 is 5.32 Å². The molecule has 0 bridgehead atoms. The monoisotopic (exact) mass is 235 g/mol. The van der Waals surface area contributed by atoms with E-state index in [-0.39, 0.29) is 0 Å². The zero-order valence-electron chi connectivity index (χ0n) is 10.1. The van der Waals surface area contributed by atoms with Crippen molar-refractivity contribution in [3.05, 3.63) is 29.8 Å². The van der Waals surface area contributed by atoms with Crippen LogP contribution in [0.5, 0.6) is 0 Å². The first-order valence-corrected chi connectivity index (χ1v) is 5.67. The van der Waals surface area contributed by atoms with E-state index in [1.807, 2.05) is 18.2 Å². The number of hydrogen-bond acceptors (Lipinski definition) is 2. The van der Waals surface area contributed by atoms with Crippen molar-refractivity contribution in [1.29, 1.82) is 0 Å². The molecular formula is C13H17NO3. The highest BCUT2D eigenvalue weighted by molar-refractivity contribution is 6.04. The largest absolute Gasteiger partial charge is 0.481 e. The average Bonchev–Trinajstić information content (AvgIpc) is 2.30. The molecule has 92 valence electrons. The van der Waals surface area contributed by atoms with Crippen LogP contribution >= 0.6 is 0 Å². The Morgan fingerprint density at radius 1 is 1.35 bits per heavy atom. The third-order valence-electron chi connectivity index (χ3n) is 2.56. The van der Waals surface area contributed by atoms with Gasteiger partial charge in [-0.2, -0.15) is 0 Å². The number of carbonyl (C=O) groups excluding carboxylic acids is 1. The molecule has 0 radical (unpaired) electrons. The van der Waals surface area contributed by atoms with Crippen LogP contribution in [0.25, 0.3) is 0 Å². The summed E-state index contributed by atoms with van der Waals surface area (Å²) in [5.41, 5.74) is 1.73. The summed E-state index contributed by atoms with van der Waals surface area (Å²) in [5.74, 6) is -2.64. The molecule has 0 aliphatic heterocycles. The van der Waals surface area contributed by atoms with Crippen LogP contribution in [0.15, 0.2) is 24.3 Å². The lowest BCUT2D eigenvalue weighted by Crippen LogP contribution is -2.27. The van der Waals surface area contributed by atoms with Gasteiger partial charge in [-0.3, -0.25) is 9.59 Å². The molecule has 1 unspecified atom stereocenters. The lowest BCUT2D eigenvalue weighted by atomic mass is 10.1. The van der Waals surface area contributed by atoms with E-state index in [4.69, 9.17) is 5.11 Å². The van der Waals surface area contributed by atoms with Gasteiger partial charge in [0.1, 0.15) is 5.92 Å². The van der Waals surface area contributed by atoms with Gasteiger partial charge in [0.2, 0.25) is 5.91 Å². The van der Waals surface area contributed by atoms with Gasteiger partial charge in [-0.25, -0.2) is 0 Å². The molecule has 2 N–H and O–H groups in total. The SMILES string of the molecule is CCCc1ccccc1NC(=O)C(C)C(=O)O. The third kappa shape index (κ3) is 3.59. The van der Waals surface area contributed by atoms with E-state index >= 15 is 0 Å². The number of hydrogen-bond donors (Lipinski definition) is 2. The van der Waals surface area contributed by atoms with Crippen molar-refractivity contribution in [3.8, 4) is 0 Å². The maximum Gasteiger partial charge on any atom is 0.315 e. The molecule has 0 fully saturated rings. The van der Waals surface area contributed by atoms with Crippen LogP contribution in [-0.4, -0.2) is 17.0 Å². The standard InChI is InChI=1S/C13H17NO3/c1-3-6-10-7-4-5-8-11(10)14-12(15)9(2)13(16)17/h4-5,7-9H,3,6H2,1-2H3,(H,14,15)(H,16,17). The van der Waals surface area contributed by atoms with E-state index in [1.54, 1.807) is 6.07 Å². The van der Waals surface area contributed by atoms with Gasteiger partial charge in [0.15, 0.2) is 0 Å². The maximum absolute atomic E-state index is 11.6. The molecule has 0 aromatic heterocycles. The van der Waals surface area contributed by atoms with Crippen molar-refractivity contribution in [2.24, 2.45) is 5.92 Å². The number of benzene rings is 1. The minimum atomic E-state index is -1.12. The van der Waals surface area contributed by atoms with Gasteiger partial charge in [-0.05, 0) is 25.0 Å². The third-order valence-corrected chi connectivity index (χ3v) is 2.56. The number of amides is 1. The number of nitrogens with one attached hydrogen (secondary N) is 1. The molecule has 0 aliphatic carbocycles. The van der Waals surface area contributed by atoms with E-state index in [9.17, 15) is 9.59 Å². The molecule has 0 aliphatic rings. The Bertz CT molecular complexity index is 415. The second-order valence-electron chi connectivity index (χ2n) is 3.96. The van der Waals surface area contributed by atoms with Gasteiger partial charge < -0.3 is 10.4 Å². The highest BCUT2D eigenvalue weighted by atomic mass is 16.4. The maximum atomic E-state index is 11.6. The molecule has 1 aromatic carbocycles. The van der Waals surface area contributed by atoms with Crippen molar-refractivity contribution >= 4 is 17.6 Å². The zero-order valence-corrected chi connectivity index (χ0v) is 10.1. The number of anilines is 1. The number of carboxylic acids is 1. The number of rotatable bonds is 5. The Hall–Kier alpha value is -1.84. The summed E-state index contributed by atoms with van der Waals surface area (Å²) in [6.45, 7) is 3.43. The fraction of sp³-hybridized carbons (Fsp3) is 0.385. The molecule has 0 spiro atoms. The molecule has 0 saturated carbocycles. The Labute approximate surface area is 101 Å². The summed E-state index contributed by atoms with van der Waals surface area (Å²) in [6, 6.07) is 7.45. The minimum Gasteiger partial charge on any atom is -0.481 e. The van der Waals surface area contributed by atoms with Crippen LogP contribution in [0.1, 0.15) is 25.8 Å². The smallest absolute Gasteiger partial charge is 0.315 e. The lowest BCUT2D eigenvalue weighted by Gasteiger charge is -2.12. The van der Waals surface area contributed by atoms with Crippen LogP contribution in [0, 0.1) is 5.92 Å². The number of aryl methyl sites for hydroxylation is 1.